The minimum atomic E-state index is 0.647. The molecule has 4 heteroatoms. The van der Waals surface area contributed by atoms with Gasteiger partial charge in [-0.05, 0) is 87.6 Å². The lowest BCUT2D eigenvalue weighted by Crippen LogP contribution is -2.03. The molecule has 0 atom stereocenters. The van der Waals surface area contributed by atoms with Crippen molar-refractivity contribution in [1.29, 1.82) is 0 Å². The van der Waals surface area contributed by atoms with Crippen LogP contribution in [0.5, 0.6) is 0 Å². The molecule has 0 saturated heterocycles. The average molecular weight is 739 g/mol. The molecule has 0 saturated carbocycles. The Hall–Kier alpha value is -7.82. The first-order valence-corrected chi connectivity index (χ1v) is 19.7. The van der Waals surface area contributed by atoms with E-state index in [2.05, 4.69) is 203 Å². The molecule has 0 aliphatic carbocycles. The highest BCUT2D eigenvalue weighted by molar-refractivity contribution is 6.25. The smallest absolute Gasteiger partial charge is 0.235 e. The van der Waals surface area contributed by atoms with E-state index in [9.17, 15) is 0 Å². The monoisotopic (exact) mass is 738 g/mol. The summed E-state index contributed by atoms with van der Waals surface area (Å²) in [5, 5.41) is 7.41. The predicted molar refractivity (Wildman–Crippen MR) is 241 cm³/mol. The van der Waals surface area contributed by atoms with Crippen LogP contribution in [-0.2, 0) is 0 Å². The van der Waals surface area contributed by atoms with Crippen molar-refractivity contribution < 1.29 is 0 Å². The van der Waals surface area contributed by atoms with Gasteiger partial charge in [0.25, 0.3) is 0 Å². The summed E-state index contributed by atoms with van der Waals surface area (Å²) in [5.41, 5.74) is 14.3. The summed E-state index contributed by atoms with van der Waals surface area (Å²) >= 11 is 0. The molecule has 9 aromatic carbocycles. The zero-order chi connectivity index (χ0) is 38.2. The molecule has 0 fully saturated rings. The van der Waals surface area contributed by atoms with Crippen molar-refractivity contribution in [3.05, 3.63) is 206 Å². The normalized spacial score (nSPS) is 11.8. The summed E-state index contributed by atoms with van der Waals surface area (Å²) in [7, 11) is 0. The lowest BCUT2D eigenvalue weighted by molar-refractivity contribution is 0.995. The molecule has 0 amide bonds. The van der Waals surface area contributed by atoms with Crippen LogP contribution in [-0.4, -0.2) is 19.1 Å². The van der Waals surface area contributed by atoms with Gasteiger partial charge in [0.2, 0.25) is 5.95 Å². The highest BCUT2D eigenvalue weighted by Crippen LogP contribution is 2.42. The van der Waals surface area contributed by atoms with E-state index in [0.29, 0.717) is 5.95 Å². The second kappa shape index (κ2) is 12.9. The van der Waals surface area contributed by atoms with Gasteiger partial charge >= 0.3 is 0 Å². The fourth-order valence-electron chi connectivity index (χ4n) is 8.99. The summed E-state index contributed by atoms with van der Waals surface area (Å²) < 4.78 is 4.66. The second-order valence-corrected chi connectivity index (χ2v) is 15.0. The second-order valence-electron chi connectivity index (χ2n) is 15.0. The fourth-order valence-corrected chi connectivity index (χ4v) is 8.99. The van der Waals surface area contributed by atoms with Gasteiger partial charge in [0.1, 0.15) is 0 Å². The third-order valence-electron chi connectivity index (χ3n) is 11.7. The van der Waals surface area contributed by atoms with Crippen molar-refractivity contribution in [2.24, 2.45) is 0 Å². The van der Waals surface area contributed by atoms with Gasteiger partial charge in [-0.25, -0.2) is 9.97 Å². The molecule has 270 valence electrons. The van der Waals surface area contributed by atoms with Gasteiger partial charge in [-0.2, -0.15) is 0 Å². The Bertz CT molecular complexity index is 3410. The molecule has 3 aromatic heterocycles. The number of benzene rings is 9. The largest absolute Gasteiger partial charge is 0.309 e. The third-order valence-corrected chi connectivity index (χ3v) is 11.7. The number of para-hydroxylation sites is 1. The molecule has 58 heavy (non-hydrogen) atoms. The van der Waals surface area contributed by atoms with Gasteiger partial charge in [0, 0.05) is 38.4 Å². The average Bonchev–Trinajstić information content (AvgIpc) is 3.82. The molecular weight excluding hydrogens is 705 g/mol. The van der Waals surface area contributed by atoms with E-state index in [4.69, 9.17) is 9.97 Å². The van der Waals surface area contributed by atoms with Crippen molar-refractivity contribution in [2.75, 3.05) is 0 Å². The maximum atomic E-state index is 5.24. The van der Waals surface area contributed by atoms with Gasteiger partial charge in [-0.3, -0.25) is 4.57 Å². The molecular formula is C54H34N4. The number of aromatic nitrogens is 4. The van der Waals surface area contributed by atoms with Gasteiger partial charge in [-0.1, -0.05) is 152 Å². The number of hydrogen-bond donors (Lipinski definition) is 0. The van der Waals surface area contributed by atoms with Gasteiger partial charge in [0.15, 0.2) is 0 Å². The van der Waals surface area contributed by atoms with E-state index in [1.54, 1.807) is 0 Å². The molecule has 3 heterocycles. The lowest BCUT2D eigenvalue weighted by Gasteiger charge is -2.12. The number of rotatable bonds is 6. The van der Waals surface area contributed by atoms with Crippen molar-refractivity contribution >= 4 is 54.4 Å². The van der Waals surface area contributed by atoms with Crippen LogP contribution in [0, 0.1) is 0 Å². The molecule has 0 N–H and O–H groups in total. The standard InChI is InChI=1S/C54H34N4/c1-4-13-35(14-5-1)36-25-28-43(29-26-36)57-50-22-12-19-39-23-24-41-31-42(33-51(57)53(41)52(39)50)40-27-30-49-45(32-40)44-20-10-11-21-48(44)58(49)54-55-46(37-15-6-2-7-16-37)34-47(56-54)38-17-8-3-9-18-38/h1-34H. The van der Waals surface area contributed by atoms with Crippen LogP contribution in [0.4, 0.5) is 0 Å². The third kappa shape index (κ3) is 5.09. The number of fused-ring (bicyclic) bond motifs is 3. The predicted octanol–water partition coefficient (Wildman–Crippen LogP) is 13.9. The highest BCUT2D eigenvalue weighted by atomic mass is 15.2. The van der Waals surface area contributed by atoms with Crippen molar-refractivity contribution in [2.45, 2.75) is 0 Å². The lowest BCUT2D eigenvalue weighted by atomic mass is 9.96. The molecule has 0 unspecified atom stereocenters. The van der Waals surface area contributed by atoms with E-state index >= 15 is 0 Å². The quantitative estimate of drug-likeness (QED) is 0.159. The van der Waals surface area contributed by atoms with E-state index in [1.165, 1.54) is 49.3 Å². The zero-order valence-corrected chi connectivity index (χ0v) is 31.4. The maximum Gasteiger partial charge on any atom is 0.235 e. The Morgan fingerprint density at radius 1 is 0.293 bits per heavy atom. The number of nitrogens with zero attached hydrogens (tertiary/aromatic N) is 4. The molecule has 0 bridgehead atoms. The Balaban J connectivity index is 1.05. The summed E-state index contributed by atoms with van der Waals surface area (Å²) in [6, 6.07) is 73.8. The molecule has 0 aliphatic rings. The zero-order valence-electron chi connectivity index (χ0n) is 31.4. The van der Waals surface area contributed by atoms with Crippen LogP contribution < -0.4 is 0 Å². The summed E-state index contributed by atoms with van der Waals surface area (Å²) in [6.07, 6.45) is 0. The minimum absolute atomic E-state index is 0.647. The molecule has 12 rings (SSSR count). The van der Waals surface area contributed by atoms with Crippen LogP contribution in [0.3, 0.4) is 0 Å². The minimum Gasteiger partial charge on any atom is -0.309 e. The van der Waals surface area contributed by atoms with Gasteiger partial charge < -0.3 is 4.57 Å². The fraction of sp³-hybridized carbons (Fsp3) is 0. The Kier molecular flexibility index (Phi) is 7.20. The molecule has 0 spiro atoms. The Labute approximate surface area is 334 Å². The Morgan fingerprint density at radius 2 is 0.862 bits per heavy atom. The van der Waals surface area contributed by atoms with Crippen molar-refractivity contribution in [3.8, 4) is 56.4 Å². The van der Waals surface area contributed by atoms with Crippen LogP contribution in [0.15, 0.2) is 206 Å². The molecule has 0 aliphatic heterocycles. The maximum absolute atomic E-state index is 5.24. The number of hydrogen-bond acceptors (Lipinski definition) is 2. The van der Waals surface area contributed by atoms with Crippen LogP contribution in [0.2, 0.25) is 0 Å². The van der Waals surface area contributed by atoms with Crippen LogP contribution in [0.1, 0.15) is 0 Å². The van der Waals surface area contributed by atoms with Crippen molar-refractivity contribution in [3.63, 3.8) is 0 Å². The van der Waals surface area contributed by atoms with Crippen molar-refractivity contribution in [1.82, 2.24) is 19.1 Å². The first kappa shape index (κ1) is 32.4. The summed E-state index contributed by atoms with van der Waals surface area (Å²) in [6.45, 7) is 0. The Morgan fingerprint density at radius 3 is 1.59 bits per heavy atom. The van der Waals surface area contributed by atoms with Gasteiger partial charge in [-0.15, -0.1) is 0 Å². The van der Waals surface area contributed by atoms with E-state index < -0.39 is 0 Å². The van der Waals surface area contributed by atoms with E-state index in [-0.39, 0.29) is 0 Å². The first-order valence-electron chi connectivity index (χ1n) is 19.7. The van der Waals surface area contributed by atoms with Crippen LogP contribution in [0.25, 0.3) is 111 Å². The summed E-state index contributed by atoms with van der Waals surface area (Å²) in [5.74, 6) is 0.647. The summed E-state index contributed by atoms with van der Waals surface area (Å²) in [4.78, 5) is 10.5. The molecule has 12 aromatic rings. The topological polar surface area (TPSA) is 35.6 Å². The van der Waals surface area contributed by atoms with E-state index in [0.717, 1.165) is 55.6 Å². The van der Waals surface area contributed by atoms with Crippen LogP contribution >= 0.6 is 0 Å². The first-order chi connectivity index (χ1) is 28.7. The van der Waals surface area contributed by atoms with Gasteiger partial charge in [0.05, 0.1) is 33.5 Å². The SMILES string of the molecule is c1ccc(-c2ccc(-n3c4cccc5ccc6cc(-c7ccc8c(c7)c7ccccc7n8-c7nc(-c8ccccc8)cc(-c8ccccc8)n7)cc3c6c54)cc2)cc1. The highest BCUT2D eigenvalue weighted by Gasteiger charge is 2.20. The molecule has 4 nitrogen and oxygen atoms in total. The molecule has 0 radical (unpaired) electrons. The van der Waals surface area contributed by atoms with E-state index in [1.807, 2.05) is 12.1 Å².